The Labute approximate surface area is 105 Å². The average molecular weight is 246 g/mol. The summed E-state index contributed by atoms with van der Waals surface area (Å²) >= 11 is 0. The zero-order valence-corrected chi connectivity index (χ0v) is 9.83. The number of amides is 3. The van der Waals surface area contributed by atoms with Crippen molar-refractivity contribution < 1.29 is 14.4 Å². The fourth-order valence-electron chi connectivity index (χ4n) is 2.09. The minimum atomic E-state index is -0.515. The molecule has 1 saturated heterocycles. The van der Waals surface area contributed by atoms with Gasteiger partial charge in [0.2, 0.25) is 17.7 Å². The quantitative estimate of drug-likeness (QED) is 0.781. The van der Waals surface area contributed by atoms with Gasteiger partial charge in [-0.05, 0) is 5.56 Å². The lowest BCUT2D eigenvalue weighted by Crippen LogP contribution is -2.33. The van der Waals surface area contributed by atoms with Crippen molar-refractivity contribution in [2.24, 2.45) is 5.73 Å². The van der Waals surface area contributed by atoms with E-state index < -0.39 is 11.8 Å². The highest BCUT2D eigenvalue weighted by Gasteiger charge is 2.38. The molecule has 0 aromatic heterocycles. The zero-order valence-electron chi connectivity index (χ0n) is 9.83. The molecule has 1 aromatic carbocycles. The Balaban J connectivity index is 2.12. The maximum atomic E-state index is 12.1. The predicted molar refractivity (Wildman–Crippen MR) is 64.3 cm³/mol. The predicted octanol–water partition coefficient (Wildman–Crippen LogP) is 0.404. The lowest BCUT2D eigenvalue weighted by Gasteiger charge is -2.13. The fraction of sp³-hybridized carbons (Fsp3) is 0.308. The smallest absolute Gasteiger partial charge is 0.237 e. The van der Waals surface area contributed by atoms with Crippen LogP contribution in [-0.2, 0) is 14.4 Å². The van der Waals surface area contributed by atoms with Crippen molar-refractivity contribution in [3.8, 4) is 0 Å². The van der Waals surface area contributed by atoms with Crippen LogP contribution in [0.1, 0.15) is 24.3 Å². The number of nitrogens with zero attached hydrogens (tertiary/aromatic N) is 1. The van der Waals surface area contributed by atoms with Crippen molar-refractivity contribution in [1.29, 1.82) is 0 Å². The molecule has 1 fully saturated rings. The van der Waals surface area contributed by atoms with Gasteiger partial charge >= 0.3 is 0 Å². The van der Waals surface area contributed by atoms with E-state index in [0.717, 1.165) is 10.5 Å². The maximum absolute atomic E-state index is 12.1. The van der Waals surface area contributed by atoms with Gasteiger partial charge in [0.1, 0.15) is 0 Å². The second kappa shape index (κ2) is 5.00. The molecule has 0 spiro atoms. The number of nitrogens with two attached hydrogens (primary N) is 1. The second-order valence-electron chi connectivity index (χ2n) is 4.27. The van der Waals surface area contributed by atoms with Crippen LogP contribution in [0.3, 0.4) is 0 Å². The third-order valence-electron chi connectivity index (χ3n) is 3.03. The van der Waals surface area contributed by atoms with Gasteiger partial charge in [-0.25, -0.2) is 0 Å². The number of hydrogen-bond donors (Lipinski definition) is 1. The van der Waals surface area contributed by atoms with Crippen LogP contribution >= 0.6 is 0 Å². The Bertz CT molecular complexity index is 484. The first-order chi connectivity index (χ1) is 8.59. The van der Waals surface area contributed by atoms with Crippen molar-refractivity contribution in [2.45, 2.75) is 18.8 Å². The summed E-state index contributed by atoms with van der Waals surface area (Å²) in [6.07, 6.45) is 0.181. The molecular weight excluding hydrogens is 232 g/mol. The van der Waals surface area contributed by atoms with Crippen molar-refractivity contribution in [1.82, 2.24) is 4.90 Å². The zero-order chi connectivity index (χ0) is 13.1. The molecule has 1 unspecified atom stereocenters. The van der Waals surface area contributed by atoms with Gasteiger partial charge in [-0.3, -0.25) is 19.3 Å². The molecule has 1 aromatic rings. The molecule has 0 aliphatic carbocycles. The van der Waals surface area contributed by atoms with Crippen molar-refractivity contribution in [2.75, 3.05) is 6.54 Å². The monoisotopic (exact) mass is 246 g/mol. The summed E-state index contributed by atoms with van der Waals surface area (Å²) < 4.78 is 0. The van der Waals surface area contributed by atoms with Crippen LogP contribution in [0, 0.1) is 0 Å². The van der Waals surface area contributed by atoms with E-state index >= 15 is 0 Å². The molecule has 5 heteroatoms. The number of benzene rings is 1. The van der Waals surface area contributed by atoms with Gasteiger partial charge in [0, 0.05) is 19.4 Å². The van der Waals surface area contributed by atoms with Crippen molar-refractivity contribution >= 4 is 17.7 Å². The normalized spacial score (nSPS) is 19.3. The molecule has 2 N–H and O–H groups in total. The van der Waals surface area contributed by atoms with Crippen LogP contribution in [0.2, 0.25) is 0 Å². The Kier molecular flexibility index (Phi) is 3.41. The number of likely N-dealkylation sites (tertiary alicyclic amines) is 1. The summed E-state index contributed by atoms with van der Waals surface area (Å²) in [5.74, 6) is -1.42. The Hall–Kier alpha value is -2.17. The molecular formula is C13H14N2O3. The second-order valence-corrected chi connectivity index (χ2v) is 4.27. The van der Waals surface area contributed by atoms with Crippen LogP contribution in [0.15, 0.2) is 30.3 Å². The van der Waals surface area contributed by atoms with E-state index in [1.807, 2.05) is 30.3 Å². The largest absolute Gasteiger partial charge is 0.370 e. The summed E-state index contributed by atoms with van der Waals surface area (Å²) in [6, 6.07) is 9.18. The summed E-state index contributed by atoms with van der Waals surface area (Å²) in [6.45, 7) is 0.0797. The maximum Gasteiger partial charge on any atom is 0.237 e. The summed E-state index contributed by atoms with van der Waals surface area (Å²) in [4.78, 5) is 35.6. The lowest BCUT2D eigenvalue weighted by atomic mass is 9.98. The van der Waals surface area contributed by atoms with Crippen molar-refractivity contribution in [3.05, 3.63) is 35.9 Å². The molecule has 1 atom stereocenters. The molecule has 0 bridgehead atoms. The first-order valence-electron chi connectivity index (χ1n) is 5.77. The van der Waals surface area contributed by atoms with E-state index in [2.05, 4.69) is 0 Å². The van der Waals surface area contributed by atoms with Crippen molar-refractivity contribution in [3.63, 3.8) is 0 Å². The SMILES string of the molecule is NC(=O)CCN1C(=O)CC(c2ccccc2)C1=O. The number of carbonyl (C=O) groups is 3. The number of imide groups is 1. The highest BCUT2D eigenvalue weighted by Crippen LogP contribution is 2.29. The molecule has 0 radical (unpaired) electrons. The molecule has 1 aliphatic heterocycles. The number of hydrogen-bond acceptors (Lipinski definition) is 3. The van der Waals surface area contributed by atoms with Gasteiger partial charge in [0.05, 0.1) is 5.92 Å². The summed E-state index contributed by atoms with van der Waals surface area (Å²) in [5.41, 5.74) is 5.85. The topological polar surface area (TPSA) is 80.5 Å². The Morgan fingerprint density at radius 2 is 1.94 bits per heavy atom. The summed E-state index contributed by atoms with van der Waals surface area (Å²) in [7, 11) is 0. The standard InChI is InChI=1S/C13H14N2O3/c14-11(16)6-7-15-12(17)8-10(13(15)18)9-4-2-1-3-5-9/h1-5,10H,6-8H2,(H2,14,16). The van der Waals surface area contributed by atoms with E-state index in [1.54, 1.807) is 0 Å². The number of carbonyl (C=O) groups excluding carboxylic acids is 3. The van der Waals surface area contributed by atoms with Gasteiger partial charge in [0.15, 0.2) is 0 Å². The van der Waals surface area contributed by atoms with Crippen LogP contribution in [0.5, 0.6) is 0 Å². The van der Waals surface area contributed by atoms with E-state index in [4.69, 9.17) is 5.73 Å². The first kappa shape index (κ1) is 12.3. The van der Waals surface area contributed by atoms with Gasteiger partial charge in [-0.2, -0.15) is 0 Å². The molecule has 5 nitrogen and oxygen atoms in total. The van der Waals surface area contributed by atoms with Gasteiger partial charge in [-0.1, -0.05) is 30.3 Å². The average Bonchev–Trinajstić information content (AvgIpc) is 2.63. The van der Waals surface area contributed by atoms with Gasteiger partial charge in [0.25, 0.3) is 0 Å². The summed E-state index contributed by atoms with van der Waals surface area (Å²) in [5, 5.41) is 0. The number of rotatable bonds is 4. The third kappa shape index (κ3) is 2.40. The first-order valence-corrected chi connectivity index (χ1v) is 5.77. The minimum absolute atomic E-state index is 0.0129. The van der Waals surface area contributed by atoms with Crippen LogP contribution in [0.25, 0.3) is 0 Å². The number of primary amides is 1. The lowest BCUT2D eigenvalue weighted by molar-refractivity contribution is -0.138. The minimum Gasteiger partial charge on any atom is -0.370 e. The van der Waals surface area contributed by atoms with E-state index in [-0.39, 0.29) is 31.2 Å². The van der Waals surface area contributed by atoms with E-state index in [9.17, 15) is 14.4 Å². The molecule has 18 heavy (non-hydrogen) atoms. The Morgan fingerprint density at radius 3 is 2.56 bits per heavy atom. The van der Waals surface area contributed by atoms with Gasteiger partial charge in [-0.15, -0.1) is 0 Å². The van der Waals surface area contributed by atoms with Crippen LogP contribution < -0.4 is 5.73 Å². The third-order valence-corrected chi connectivity index (χ3v) is 3.03. The Morgan fingerprint density at radius 1 is 1.28 bits per heavy atom. The molecule has 94 valence electrons. The van der Waals surface area contributed by atoms with E-state index in [0.29, 0.717) is 0 Å². The molecule has 1 heterocycles. The fourth-order valence-corrected chi connectivity index (χ4v) is 2.09. The molecule has 3 amide bonds. The van der Waals surface area contributed by atoms with Crippen LogP contribution in [0.4, 0.5) is 0 Å². The van der Waals surface area contributed by atoms with Gasteiger partial charge < -0.3 is 5.73 Å². The highest BCUT2D eigenvalue weighted by molar-refractivity contribution is 6.06. The van der Waals surface area contributed by atoms with Crippen LogP contribution in [-0.4, -0.2) is 29.2 Å². The van der Waals surface area contributed by atoms with E-state index in [1.165, 1.54) is 0 Å². The molecule has 2 rings (SSSR count). The molecule has 1 aliphatic rings. The molecule has 0 saturated carbocycles. The highest BCUT2D eigenvalue weighted by atomic mass is 16.2.